The van der Waals surface area contributed by atoms with Crippen molar-refractivity contribution < 1.29 is 41.0 Å². The Morgan fingerprint density at radius 1 is 1.14 bits per heavy atom. The second-order valence-electron chi connectivity index (χ2n) is 5.19. The Morgan fingerprint density at radius 3 is 1.82 bits per heavy atom. The van der Waals surface area contributed by atoms with Crippen LogP contribution in [-0.2, 0) is 9.53 Å². The van der Waals surface area contributed by atoms with E-state index in [0.717, 1.165) is 0 Å². The van der Waals surface area contributed by atoms with Crippen LogP contribution in [-0.4, -0.2) is 39.1 Å². The average molecular weight is 450 g/mol. The molecule has 0 aliphatic heterocycles. The lowest BCUT2D eigenvalue weighted by Crippen LogP contribution is -2.65. The van der Waals surface area contributed by atoms with Crippen LogP contribution in [0.2, 0.25) is 0 Å². The molecule has 0 heterocycles. The lowest BCUT2D eigenvalue weighted by molar-refractivity contribution is -0.392. The molecule has 1 N–H and O–H groups in total. The fourth-order valence-corrected chi connectivity index (χ4v) is 1.79. The van der Waals surface area contributed by atoms with Gasteiger partial charge in [-0.2, -0.15) is 26.3 Å². The quantitative estimate of drug-likeness (QED) is 0.288. The fourth-order valence-electron chi connectivity index (χ4n) is 1.64. The van der Waals surface area contributed by atoms with Crippen LogP contribution in [0.25, 0.3) is 0 Å². The summed E-state index contributed by atoms with van der Waals surface area (Å²) in [5.41, 5.74) is -5.11. The van der Waals surface area contributed by atoms with Crippen LogP contribution in [0, 0.1) is 5.92 Å². The van der Waals surface area contributed by atoms with Crippen molar-refractivity contribution in [1.29, 1.82) is 0 Å². The van der Waals surface area contributed by atoms with Crippen LogP contribution in [0.4, 0.5) is 26.3 Å². The molecule has 3 nitrogen and oxygen atoms in total. The molecular weight excluding hydrogens is 433 g/mol. The van der Waals surface area contributed by atoms with Gasteiger partial charge in [0.15, 0.2) is 0 Å². The molecule has 0 spiro atoms. The third-order valence-corrected chi connectivity index (χ3v) is 4.28. The molecule has 0 aromatic carbocycles. The standard InChI is InChI=1S/C12H17F6IO3/c1-4-7(19)9(20)22-8(5-6(2)3)10(21,11(13,14)15)12(16,17)18/h6-8,21H,4-5H2,1-3H3. The Labute approximate surface area is 137 Å². The Kier molecular flexibility index (Phi) is 7.45. The van der Waals surface area contributed by atoms with Gasteiger partial charge in [-0.3, -0.25) is 4.79 Å². The number of aliphatic hydroxyl groups is 1. The van der Waals surface area contributed by atoms with Crippen molar-refractivity contribution >= 4 is 28.6 Å². The maximum Gasteiger partial charge on any atom is 0.430 e. The molecule has 0 saturated heterocycles. The van der Waals surface area contributed by atoms with Crippen LogP contribution in [0.15, 0.2) is 0 Å². The van der Waals surface area contributed by atoms with Gasteiger partial charge >= 0.3 is 18.3 Å². The number of rotatable bonds is 6. The minimum atomic E-state index is -6.03. The van der Waals surface area contributed by atoms with Gasteiger partial charge in [-0.15, -0.1) is 0 Å². The topological polar surface area (TPSA) is 46.5 Å². The van der Waals surface area contributed by atoms with E-state index in [1.807, 2.05) is 0 Å². The Morgan fingerprint density at radius 2 is 1.55 bits per heavy atom. The number of halogens is 7. The molecule has 2 atom stereocenters. The smallest absolute Gasteiger partial charge is 0.430 e. The van der Waals surface area contributed by atoms with Gasteiger partial charge in [0, 0.05) is 0 Å². The summed E-state index contributed by atoms with van der Waals surface area (Å²) in [6.45, 7) is 4.24. The van der Waals surface area contributed by atoms with Gasteiger partial charge in [-0.1, -0.05) is 43.4 Å². The van der Waals surface area contributed by atoms with E-state index < -0.39 is 46.3 Å². The minimum Gasteiger partial charge on any atom is -0.458 e. The van der Waals surface area contributed by atoms with Crippen LogP contribution >= 0.6 is 22.6 Å². The molecule has 10 heteroatoms. The molecule has 0 aliphatic rings. The zero-order valence-electron chi connectivity index (χ0n) is 12.1. The van der Waals surface area contributed by atoms with Gasteiger partial charge in [0.25, 0.3) is 5.60 Å². The van der Waals surface area contributed by atoms with Crippen molar-refractivity contribution in [1.82, 2.24) is 0 Å². The fraction of sp³-hybridized carbons (Fsp3) is 0.917. The summed E-state index contributed by atoms with van der Waals surface area (Å²) in [6, 6.07) is 0. The van der Waals surface area contributed by atoms with Crippen molar-refractivity contribution in [3.8, 4) is 0 Å². The van der Waals surface area contributed by atoms with Crippen LogP contribution in [0.3, 0.4) is 0 Å². The van der Waals surface area contributed by atoms with Crippen molar-refractivity contribution in [2.45, 2.75) is 61.6 Å². The van der Waals surface area contributed by atoms with E-state index in [1.165, 1.54) is 20.8 Å². The number of hydrogen-bond donors (Lipinski definition) is 1. The molecule has 0 aromatic heterocycles. The summed E-state index contributed by atoms with van der Waals surface area (Å²) in [7, 11) is 0. The highest BCUT2D eigenvalue weighted by molar-refractivity contribution is 14.1. The first kappa shape index (κ1) is 21.7. The second kappa shape index (κ2) is 7.54. The van der Waals surface area contributed by atoms with Crippen LogP contribution in [0.1, 0.15) is 33.6 Å². The first-order valence-electron chi connectivity index (χ1n) is 6.38. The SMILES string of the molecule is CCC(I)C(=O)OC(CC(C)C)C(O)(C(F)(F)F)C(F)(F)F. The minimum absolute atomic E-state index is 0.171. The maximum atomic E-state index is 12.9. The molecule has 0 bridgehead atoms. The van der Waals surface area contributed by atoms with E-state index in [1.54, 1.807) is 22.6 Å². The highest BCUT2D eigenvalue weighted by Crippen LogP contribution is 2.47. The van der Waals surface area contributed by atoms with Crippen molar-refractivity contribution in [3.05, 3.63) is 0 Å². The number of carbonyl (C=O) groups excluding carboxylic acids is 1. The molecule has 132 valence electrons. The summed E-state index contributed by atoms with van der Waals surface area (Å²) in [5, 5.41) is 9.37. The maximum absolute atomic E-state index is 12.9. The van der Waals surface area contributed by atoms with E-state index in [4.69, 9.17) is 0 Å². The van der Waals surface area contributed by atoms with Crippen molar-refractivity contribution in [3.63, 3.8) is 0 Å². The summed E-state index contributed by atoms with van der Waals surface area (Å²) < 4.78 is 80.7. The Balaban J connectivity index is 5.76. The Hall–Kier alpha value is -0.260. The average Bonchev–Trinajstić information content (AvgIpc) is 2.32. The molecule has 0 aromatic rings. The van der Waals surface area contributed by atoms with Crippen molar-refractivity contribution in [2.24, 2.45) is 5.92 Å². The highest BCUT2D eigenvalue weighted by Gasteiger charge is 2.75. The third-order valence-electron chi connectivity index (χ3n) is 2.89. The van der Waals surface area contributed by atoms with Gasteiger partial charge in [0.05, 0.1) is 0 Å². The third kappa shape index (κ3) is 4.87. The van der Waals surface area contributed by atoms with Crippen LogP contribution in [0.5, 0.6) is 0 Å². The molecule has 22 heavy (non-hydrogen) atoms. The number of alkyl halides is 7. The Bertz CT molecular complexity index is 366. The number of esters is 1. The van der Waals surface area contributed by atoms with Gasteiger partial charge < -0.3 is 9.84 Å². The number of ether oxygens (including phenoxy) is 1. The second-order valence-corrected chi connectivity index (χ2v) is 6.70. The van der Waals surface area contributed by atoms with E-state index in [2.05, 4.69) is 4.74 Å². The van der Waals surface area contributed by atoms with Crippen molar-refractivity contribution in [2.75, 3.05) is 0 Å². The lowest BCUT2D eigenvalue weighted by Gasteiger charge is -2.38. The van der Waals surface area contributed by atoms with Gasteiger partial charge in [0.2, 0.25) is 0 Å². The molecule has 0 rings (SSSR count). The monoisotopic (exact) mass is 450 g/mol. The first-order chi connectivity index (χ1) is 9.68. The summed E-state index contributed by atoms with van der Waals surface area (Å²) in [5.74, 6) is -1.89. The predicted octanol–water partition coefficient (Wildman–Crippen LogP) is 4.01. The summed E-state index contributed by atoms with van der Waals surface area (Å²) >= 11 is 1.55. The summed E-state index contributed by atoms with van der Waals surface area (Å²) in [6.07, 6.45) is -15.4. The largest absolute Gasteiger partial charge is 0.458 e. The molecular formula is C12H17F6IO3. The zero-order chi connectivity index (χ0) is 17.9. The van der Waals surface area contributed by atoms with E-state index in [0.29, 0.717) is 0 Å². The lowest BCUT2D eigenvalue weighted by atomic mass is 9.88. The normalized spacial score (nSPS) is 16.5. The van der Waals surface area contributed by atoms with E-state index in [9.17, 15) is 36.2 Å². The number of hydrogen-bond acceptors (Lipinski definition) is 3. The predicted molar refractivity (Wildman–Crippen MR) is 74.5 cm³/mol. The van der Waals surface area contributed by atoms with E-state index in [-0.39, 0.29) is 6.42 Å². The molecule has 0 saturated carbocycles. The van der Waals surface area contributed by atoms with Gasteiger partial charge in [-0.25, -0.2) is 0 Å². The first-order valence-corrected chi connectivity index (χ1v) is 7.63. The molecule has 0 fully saturated rings. The number of carbonyl (C=O) groups is 1. The molecule has 0 amide bonds. The molecule has 0 aliphatic carbocycles. The summed E-state index contributed by atoms with van der Waals surface area (Å²) in [4.78, 5) is 11.6. The highest BCUT2D eigenvalue weighted by atomic mass is 127. The van der Waals surface area contributed by atoms with Crippen LogP contribution < -0.4 is 0 Å². The van der Waals surface area contributed by atoms with E-state index >= 15 is 0 Å². The van der Waals surface area contributed by atoms with Gasteiger partial charge in [-0.05, 0) is 18.8 Å². The molecule has 0 radical (unpaired) electrons. The van der Waals surface area contributed by atoms with Gasteiger partial charge in [0.1, 0.15) is 10.0 Å². The molecule has 2 unspecified atom stereocenters. The zero-order valence-corrected chi connectivity index (χ0v) is 14.2.